The number of para-hydroxylation sites is 1. The van der Waals surface area contributed by atoms with Crippen molar-refractivity contribution in [3.8, 4) is 0 Å². The van der Waals surface area contributed by atoms with Crippen LogP contribution >= 0.6 is 0 Å². The van der Waals surface area contributed by atoms with E-state index >= 15 is 0 Å². The van der Waals surface area contributed by atoms with Gasteiger partial charge in [-0.2, -0.15) is 5.10 Å². The number of carbonyl (C=O) groups is 2. The Morgan fingerprint density at radius 2 is 1.79 bits per heavy atom. The number of carbonyl (C=O) groups excluding carboxylic acids is 2. The van der Waals surface area contributed by atoms with Gasteiger partial charge in [0.15, 0.2) is 0 Å². The van der Waals surface area contributed by atoms with Crippen LogP contribution in [0.4, 0.5) is 10.5 Å². The number of benzene rings is 1. The van der Waals surface area contributed by atoms with E-state index in [0.717, 1.165) is 38.0 Å². The number of aromatic nitrogens is 2. The molecular formula is C22H27N5O2. The Balaban J connectivity index is 1.28. The third kappa shape index (κ3) is 2.99. The summed E-state index contributed by atoms with van der Waals surface area (Å²) in [6, 6.07) is 11.7. The molecule has 1 unspecified atom stereocenters. The van der Waals surface area contributed by atoms with Crippen molar-refractivity contribution in [1.82, 2.24) is 19.6 Å². The molecule has 4 heterocycles. The highest BCUT2D eigenvalue weighted by atomic mass is 16.2. The minimum atomic E-state index is -0.237. The summed E-state index contributed by atoms with van der Waals surface area (Å²) in [5.74, 6) is 0.925. The van der Waals surface area contributed by atoms with Crippen LogP contribution in [-0.2, 0) is 4.79 Å². The monoisotopic (exact) mass is 393 g/mol. The third-order valence-corrected chi connectivity index (χ3v) is 6.96. The number of likely N-dealkylation sites (tertiary alicyclic amines) is 1. The summed E-state index contributed by atoms with van der Waals surface area (Å²) < 4.78 is 1.77. The molecule has 0 radical (unpaired) electrons. The van der Waals surface area contributed by atoms with Gasteiger partial charge in [-0.3, -0.25) is 9.48 Å². The molecule has 152 valence electrons. The molecule has 0 spiro atoms. The SMILES string of the molecule is CCC(C(=O)N1C[C@@H]2[C@H](C1)[C@@H]1CC[C@H]2N1C(=O)Nc1ccccc1)n1cccn1. The second kappa shape index (κ2) is 7.21. The van der Waals surface area contributed by atoms with E-state index in [1.807, 2.05) is 54.4 Å². The number of amides is 3. The summed E-state index contributed by atoms with van der Waals surface area (Å²) >= 11 is 0. The molecule has 3 aliphatic heterocycles. The van der Waals surface area contributed by atoms with E-state index in [-0.39, 0.29) is 30.1 Å². The highest BCUT2D eigenvalue weighted by molar-refractivity contribution is 5.90. The van der Waals surface area contributed by atoms with Gasteiger partial charge < -0.3 is 15.1 Å². The first-order chi connectivity index (χ1) is 14.2. The molecule has 29 heavy (non-hydrogen) atoms. The number of hydrogen-bond acceptors (Lipinski definition) is 3. The van der Waals surface area contributed by atoms with Crippen molar-refractivity contribution in [1.29, 1.82) is 0 Å². The lowest BCUT2D eigenvalue weighted by Crippen LogP contribution is -2.44. The van der Waals surface area contributed by atoms with E-state index < -0.39 is 0 Å². The Bertz CT molecular complexity index is 864. The summed E-state index contributed by atoms with van der Waals surface area (Å²) in [6.07, 6.45) is 6.38. The second-order valence-electron chi connectivity index (χ2n) is 8.40. The fraction of sp³-hybridized carbons (Fsp3) is 0.500. The number of anilines is 1. The van der Waals surface area contributed by atoms with Gasteiger partial charge >= 0.3 is 6.03 Å². The molecule has 5 atom stereocenters. The largest absolute Gasteiger partial charge is 0.340 e. The second-order valence-corrected chi connectivity index (χ2v) is 8.40. The first-order valence-electron chi connectivity index (χ1n) is 10.6. The van der Waals surface area contributed by atoms with Gasteiger partial charge in [0, 0.05) is 55.1 Å². The predicted octanol–water partition coefficient (Wildman–Crippen LogP) is 2.99. The molecule has 3 amide bonds. The summed E-state index contributed by atoms with van der Waals surface area (Å²) in [4.78, 5) is 30.2. The van der Waals surface area contributed by atoms with E-state index in [4.69, 9.17) is 0 Å². The number of hydrogen-bond donors (Lipinski definition) is 1. The zero-order chi connectivity index (χ0) is 20.0. The highest BCUT2D eigenvalue weighted by Gasteiger charge is 2.58. The van der Waals surface area contributed by atoms with Gasteiger partial charge in [0.2, 0.25) is 5.91 Å². The maximum Gasteiger partial charge on any atom is 0.322 e. The number of rotatable bonds is 4. The van der Waals surface area contributed by atoms with Crippen LogP contribution in [0.2, 0.25) is 0 Å². The summed E-state index contributed by atoms with van der Waals surface area (Å²) in [6.45, 7) is 3.52. The minimum Gasteiger partial charge on any atom is -0.340 e. The van der Waals surface area contributed by atoms with Crippen molar-refractivity contribution in [3.05, 3.63) is 48.8 Å². The molecule has 7 heteroatoms. The zero-order valence-electron chi connectivity index (χ0n) is 16.6. The van der Waals surface area contributed by atoms with Crippen molar-refractivity contribution in [2.24, 2.45) is 11.8 Å². The van der Waals surface area contributed by atoms with Crippen molar-refractivity contribution in [3.63, 3.8) is 0 Å². The Morgan fingerprint density at radius 3 is 2.38 bits per heavy atom. The van der Waals surface area contributed by atoms with Gasteiger partial charge in [-0.25, -0.2) is 4.79 Å². The molecule has 2 aromatic rings. The van der Waals surface area contributed by atoms with Gasteiger partial charge in [-0.15, -0.1) is 0 Å². The van der Waals surface area contributed by atoms with Crippen molar-refractivity contribution < 1.29 is 9.59 Å². The summed E-state index contributed by atoms with van der Waals surface area (Å²) in [5.41, 5.74) is 0.829. The van der Waals surface area contributed by atoms with Gasteiger partial charge in [0.05, 0.1) is 0 Å². The van der Waals surface area contributed by atoms with Crippen LogP contribution in [0.5, 0.6) is 0 Å². The van der Waals surface area contributed by atoms with Crippen LogP contribution in [0.25, 0.3) is 0 Å². The maximum absolute atomic E-state index is 13.2. The predicted molar refractivity (Wildman–Crippen MR) is 109 cm³/mol. The molecule has 0 saturated carbocycles. The van der Waals surface area contributed by atoms with Crippen molar-refractivity contribution in [2.75, 3.05) is 18.4 Å². The Kier molecular flexibility index (Phi) is 4.53. The quantitative estimate of drug-likeness (QED) is 0.868. The average Bonchev–Trinajstić information content (AvgIpc) is 3.50. The van der Waals surface area contributed by atoms with Crippen LogP contribution in [-0.4, -0.2) is 56.7 Å². The summed E-state index contributed by atoms with van der Waals surface area (Å²) in [5, 5.41) is 7.33. The first kappa shape index (κ1) is 18.2. The lowest BCUT2D eigenvalue weighted by atomic mass is 9.82. The molecule has 7 nitrogen and oxygen atoms in total. The molecule has 3 saturated heterocycles. The Hall–Kier alpha value is -2.83. The van der Waals surface area contributed by atoms with Crippen LogP contribution in [0.1, 0.15) is 32.2 Å². The lowest BCUT2D eigenvalue weighted by molar-refractivity contribution is -0.134. The van der Waals surface area contributed by atoms with E-state index in [9.17, 15) is 9.59 Å². The molecule has 2 bridgehead atoms. The van der Waals surface area contributed by atoms with Crippen LogP contribution in [0.3, 0.4) is 0 Å². The fourth-order valence-corrected chi connectivity index (χ4v) is 5.72. The maximum atomic E-state index is 13.2. The first-order valence-corrected chi connectivity index (χ1v) is 10.6. The Morgan fingerprint density at radius 1 is 1.10 bits per heavy atom. The van der Waals surface area contributed by atoms with E-state index in [2.05, 4.69) is 15.3 Å². The molecule has 3 fully saturated rings. The molecular weight excluding hydrogens is 366 g/mol. The normalized spacial score (nSPS) is 28.4. The number of fused-ring (bicyclic) bond motifs is 5. The molecule has 1 N–H and O–H groups in total. The minimum absolute atomic E-state index is 0.000970. The van der Waals surface area contributed by atoms with E-state index in [1.54, 1.807) is 10.9 Å². The van der Waals surface area contributed by atoms with Crippen LogP contribution < -0.4 is 5.32 Å². The van der Waals surface area contributed by atoms with Gasteiger partial charge in [-0.05, 0) is 37.5 Å². The van der Waals surface area contributed by atoms with Gasteiger partial charge in [0.25, 0.3) is 0 Å². The van der Waals surface area contributed by atoms with Gasteiger partial charge in [0.1, 0.15) is 6.04 Å². The molecule has 1 aromatic heterocycles. The highest BCUT2D eigenvalue weighted by Crippen LogP contribution is 2.49. The third-order valence-electron chi connectivity index (χ3n) is 6.96. The smallest absolute Gasteiger partial charge is 0.322 e. The van der Waals surface area contributed by atoms with E-state index in [0.29, 0.717) is 11.8 Å². The van der Waals surface area contributed by atoms with Crippen LogP contribution in [0.15, 0.2) is 48.8 Å². The molecule has 0 aliphatic carbocycles. The van der Waals surface area contributed by atoms with Crippen molar-refractivity contribution in [2.45, 2.75) is 44.3 Å². The fourth-order valence-electron chi connectivity index (χ4n) is 5.72. The zero-order valence-corrected chi connectivity index (χ0v) is 16.6. The number of nitrogens with one attached hydrogen (secondary N) is 1. The van der Waals surface area contributed by atoms with Crippen LogP contribution in [0, 0.1) is 11.8 Å². The topological polar surface area (TPSA) is 70.5 Å². The lowest BCUT2D eigenvalue weighted by Gasteiger charge is -2.29. The number of urea groups is 1. The summed E-state index contributed by atoms with van der Waals surface area (Å²) in [7, 11) is 0. The average molecular weight is 393 g/mol. The molecule has 3 aliphatic rings. The standard InChI is InChI=1S/C22H27N5O2/c1-2-18(26-12-6-11-23-26)21(28)25-13-16-17(14-25)20-10-9-19(16)27(20)22(29)24-15-7-4-3-5-8-15/h3-8,11-12,16-20H,2,9-10,13-14H2,1H3,(H,24,29)/t16-,17+,18?,19-,20+. The number of nitrogens with zero attached hydrogens (tertiary/aromatic N) is 4. The van der Waals surface area contributed by atoms with Gasteiger partial charge in [-0.1, -0.05) is 25.1 Å². The molecule has 5 rings (SSSR count). The Labute approximate surface area is 170 Å². The van der Waals surface area contributed by atoms with E-state index in [1.165, 1.54) is 0 Å². The van der Waals surface area contributed by atoms with Crippen molar-refractivity contribution >= 4 is 17.6 Å². The molecule has 1 aromatic carbocycles.